The SMILES string of the molecule is CCCNCc1ccc(F)c(-c2cccc(OC)c2F)c1. The number of hydrogen-bond donors (Lipinski definition) is 1. The Kier molecular flexibility index (Phi) is 5.28. The topological polar surface area (TPSA) is 21.3 Å². The van der Waals surface area contributed by atoms with Gasteiger partial charge in [-0.25, -0.2) is 8.78 Å². The van der Waals surface area contributed by atoms with Gasteiger partial charge in [0.1, 0.15) is 5.82 Å². The van der Waals surface area contributed by atoms with Crippen molar-refractivity contribution >= 4 is 0 Å². The number of methoxy groups -OCH3 is 1. The molecular formula is C17H19F2NO. The minimum absolute atomic E-state index is 0.112. The van der Waals surface area contributed by atoms with Crippen molar-refractivity contribution in [3.05, 3.63) is 53.6 Å². The molecule has 2 aromatic carbocycles. The number of ether oxygens (including phenoxy) is 1. The van der Waals surface area contributed by atoms with Gasteiger partial charge in [0.15, 0.2) is 11.6 Å². The summed E-state index contributed by atoms with van der Waals surface area (Å²) in [5, 5.41) is 3.25. The molecule has 0 saturated heterocycles. The monoisotopic (exact) mass is 291 g/mol. The van der Waals surface area contributed by atoms with Gasteiger partial charge in [-0.2, -0.15) is 0 Å². The van der Waals surface area contributed by atoms with Gasteiger partial charge in [0.05, 0.1) is 7.11 Å². The van der Waals surface area contributed by atoms with Crippen molar-refractivity contribution in [2.45, 2.75) is 19.9 Å². The molecule has 0 radical (unpaired) electrons. The van der Waals surface area contributed by atoms with Crippen LogP contribution in [0.25, 0.3) is 11.1 Å². The van der Waals surface area contributed by atoms with E-state index in [9.17, 15) is 8.78 Å². The van der Waals surface area contributed by atoms with Gasteiger partial charge in [0, 0.05) is 17.7 Å². The summed E-state index contributed by atoms with van der Waals surface area (Å²) >= 11 is 0. The summed E-state index contributed by atoms with van der Waals surface area (Å²) in [5.74, 6) is -0.875. The Hall–Kier alpha value is -1.94. The van der Waals surface area contributed by atoms with Crippen LogP contribution in [0.5, 0.6) is 5.75 Å². The third-order valence-corrected chi connectivity index (χ3v) is 3.26. The molecule has 0 bridgehead atoms. The van der Waals surface area contributed by atoms with Crippen LogP contribution in [-0.2, 0) is 6.54 Å². The molecule has 0 atom stereocenters. The van der Waals surface area contributed by atoms with Crippen LogP contribution in [0.2, 0.25) is 0 Å². The summed E-state index contributed by atoms with van der Waals surface area (Å²) in [6.07, 6.45) is 1.03. The lowest BCUT2D eigenvalue weighted by Gasteiger charge is -2.11. The molecule has 0 aromatic heterocycles. The first-order valence-electron chi connectivity index (χ1n) is 6.99. The van der Waals surface area contributed by atoms with E-state index in [-0.39, 0.29) is 16.9 Å². The fourth-order valence-corrected chi connectivity index (χ4v) is 2.17. The van der Waals surface area contributed by atoms with E-state index in [0.717, 1.165) is 18.5 Å². The van der Waals surface area contributed by atoms with E-state index in [1.807, 2.05) is 0 Å². The molecule has 0 heterocycles. The Labute approximate surface area is 123 Å². The van der Waals surface area contributed by atoms with Crippen LogP contribution in [0.15, 0.2) is 36.4 Å². The lowest BCUT2D eigenvalue weighted by atomic mass is 10.0. The Balaban J connectivity index is 2.36. The van der Waals surface area contributed by atoms with Crippen LogP contribution in [0.1, 0.15) is 18.9 Å². The highest BCUT2D eigenvalue weighted by Gasteiger charge is 2.14. The van der Waals surface area contributed by atoms with Gasteiger partial charge in [-0.1, -0.05) is 25.1 Å². The van der Waals surface area contributed by atoms with Crippen molar-refractivity contribution in [2.75, 3.05) is 13.7 Å². The number of rotatable bonds is 6. The Morgan fingerprint density at radius 3 is 2.62 bits per heavy atom. The van der Waals surface area contributed by atoms with E-state index in [1.165, 1.54) is 19.2 Å². The maximum Gasteiger partial charge on any atom is 0.172 e. The van der Waals surface area contributed by atoms with Gasteiger partial charge in [-0.3, -0.25) is 0 Å². The first kappa shape index (κ1) is 15.4. The minimum atomic E-state index is -0.544. The molecule has 4 heteroatoms. The Bertz CT molecular complexity index is 614. The van der Waals surface area contributed by atoms with Gasteiger partial charge in [0.2, 0.25) is 0 Å². The molecule has 0 aliphatic carbocycles. The molecule has 0 fully saturated rings. The highest BCUT2D eigenvalue weighted by Crippen LogP contribution is 2.31. The molecular weight excluding hydrogens is 272 g/mol. The molecule has 2 rings (SSSR count). The molecule has 1 N–H and O–H groups in total. The van der Waals surface area contributed by atoms with Gasteiger partial charge in [-0.05, 0) is 36.7 Å². The summed E-state index contributed by atoms with van der Waals surface area (Å²) in [4.78, 5) is 0. The van der Waals surface area contributed by atoms with Crippen molar-refractivity contribution in [2.24, 2.45) is 0 Å². The number of benzene rings is 2. The second-order valence-corrected chi connectivity index (χ2v) is 4.81. The minimum Gasteiger partial charge on any atom is -0.494 e. The molecule has 2 aromatic rings. The molecule has 0 amide bonds. The molecule has 0 unspecified atom stereocenters. The fraction of sp³-hybridized carbons (Fsp3) is 0.294. The standard InChI is InChI=1S/C17H19F2NO/c1-3-9-20-11-12-7-8-15(18)14(10-12)13-5-4-6-16(21-2)17(13)19/h4-8,10,20H,3,9,11H2,1-2H3. The molecule has 2 nitrogen and oxygen atoms in total. The van der Waals surface area contributed by atoms with E-state index in [2.05, 4.69) is 12.2 Å². The third-order valence-electron chi connectivity index (χ3n) is 3.26. The number of hydrogen-bond acceptors (Lipinski definition) is 2. The van der Waals surface area contributed by atoms with Gasteiger partial charge in [-0.15, -0.1) is 0 Å². The average Bonchev–Trinajstić information content (AvgIpc) is 2.50. The van der Waals surface area contributed by atoms with Crippen LogP contribution in [0.3, 0.4) is 0 Å². The van der Waals surface area contributed by atoms with Crippen LogP contribution in [0, 0.1) is 11.6 Å². The normalized spacial score (nSPS) is 10.7. The molecule has 0 aliphatic rings. The van der Waals surface area contributed by atoms with Crippen molar-refractivity contribution in [1.82, 2.24) is 5.32 Å². The van der Waals surface area contributed by atoms with E-state index >= 15 is 0 Å². The van der Waals surface area contributed by atoms with Crippen molar-refractivity contribution in [1.29, 1.82) is 0 Å². The van der Waals surface area contributed by atoms with Gasteiger partial charge >= 0.3 is 0 Å². The summed E-state index contributed by atoms with van der Waals surface area (Å²) in [6.45, 7) is 3.60. The molecule has 0 saturated carbocycles. The summed E-state index contributed by atoms with van der Waals surface area (Å²) in [5.41, 5.74) is 1.38. The second-order valence-electron chi connectivity index (χ2n) is 4.81. The summed E-state index contributed by atoms with van der Waals surface area (Å²) in [6, 6.07) is 9.48. The Morgan fingerprint density at radius 2 is 1.90 bits per heavy atom. The molecule has 0 aliphatic heterocycles. The van der Waals surface area contributed by atoms with Crippen LogP contribution < -0.4 is 10.1 Å². The van der Waals surface area contributed by atoms with Gasteiger partial charge < -0.3 is 10.1 Å². The first-order chi connectivity index (χ1) is 10.2. The molecule has 112 valence electrons. The predicted octanol–water partition coefficient (Wildman–Crippen LogP) is 4.14. The first-order valence-corrected chi connectivity index (χ1v) is 6.99. The van der Waals surface area contributed by atoms with Crippen molar-refractivity contribution in [3.63, 3.8) is 0 Å². The van der Waals surface area contributed by atoms with E-state index < -0.39 is 11.6 Å². The lowest BCUT2D eigenvalue weighted by molar-refractivity contribution is 0.387. The van der Waals surface area contributed by atoms with E-state index in [1.54, 1.807) is 24.3 Å². The maximum atomic E-state index is 14.3. The second kappa shape index (κ2) is 7.18. The van der Waals surface area contributed by atoms with Crippen LogP contribution in [0.4, 0.5) is 8.78 Å². The van der Waals surface area contributed by atoms with Gasteiger partial charge in [0.25, 0.3) is 0 Å². The third kappa shape index (κ3) is 3.58. The summed E-state index contributed by atoms with van der Waals surface area (Å²) < 4.78 is 33.2. The smallest absolute Gasteiger partial charge is 0.172 e. The van der Waals surface area contributed by atoms with Crippen LogP contribution in [-0.4, -0.2) is 13.7 Å². The highest BCUT2D eigenvalue weighted by molar-refractivity contribution is 5.67. The van der Waals surface area contributed by atoms with Crippen molar-refractivity contribution in [3.8, 4) is 16.9 Å². The predicted molar refractivity (Wildman–Crippen MR) is 80.3 cm³/mol. The zero-order valence-corrected chi connectivity index (χ0v) is 12.2. The molecule has 0 spiro atoms. The number of nitrogens with one attached hydrogen (secondary N) is 1. The average molecular weight is 291 g/mol. The number of halogens is 2. The maximum absolute atomic E-state index is 14.3. The lowest BCUT2D eigenvalue weighted by Crippen LogP contribution is -2.13. The van der Waals surface area contributed by atoms with E-state index in [4.69, 9.17) is 4.74 Å². The highest BCUT2D eigenvalue weighted by atomic mass is 19.1. The Morgan fingerprint density at radius 1 is 1.10 bits per heavy atom. The zero-order valence-electron chi connectivity index (χ0n) is 12.2. The summed E-state index contributed by atoms with van der Waals surface area (Å²) in [7, 11) is 1.39. The zero-order chi connectivity index (χ0) is 15.2. The van der Waals surface area contributed by atoms with Crippen molar-refractivity contribution < 1.29 is 13.5 Å². The fourth-order valence-electron chi connectivity index (χ4n) is 2.17. The van der Waals surface area contributed by atoms with Crippen LogP contribution >= 0.6 is 0 Å². The largest absolute Gasteiger partial charge is 0.494 e. The molecule has 21 heavy (non-hydrogen) atoms. The van der Waals surface area contributed by atoms with E-state index in [0.29, 0.717) is 6.54 Å². The quantitative estimate of drug-likeness (QED) is 0.808.